The van der Waals surface area contributed by atoms with Crippen molar-refractivity contribution in [2.45, 2.75) is 31.1 Å². The number of benzene rings is 3. The van der Waals surface area contributed by atoms with Crippen LogP contribution in [0.4, 0.5) is 5.69 Å². The SMILES string of the molecule is CNCOc1cc(OC)c2c3c1C(O)Nc1cc4c(c(c1-3)CC2)C(O)C(c1cc(OC)c(O)c(OC)c1)CO4. The van der Waals surface area contributed by atoms with Crippen LogP contribution in [0.2, 0.25) is 0 Å². The van der Waals surface area contributed by atoms with Crippen molar-refractivity contribution in [2.75, 3.05) is 47.0 Å². The lowest BCUT2D eigenvalue weighted by Gasteiger charge is -2.39. The molecule has 10 nitrogen and oxygen atoms in total. The maximum Gasteiger partial charge on any atom is 0.200 e. The van der Waals surface area contributed by atoms with Gasteiger partial charge in [0.15, 0.2) is 17.7 Å². The summed E-state index contributed by atoms with van der Waals surface area (Å²) in [5, 5.41) is 39.6. The van der Waals surface area contributed by atoms with Gasteiger partial charge in [-0.15, -0.1) is 0 Å². The fourth-order valence-electron chi connectivity index (χ4n) is 6.13. The topological polar surface area (TPSA) is 131 Å². The predicted octanol–water partition coefficient (Wildman–Crippen LogP) is 3.37. The molecule has 39 heavy (non-hydrogen) atoms. The molecule has 0 spiro atoms. The summed E-state index contributed by atoms with van der Waals surface area (Å²) in [6.07, 6.45) is -0.578. The second-order valence-electron chi connectivity index (χ2n) is 9.86. The molecule has 0 saturated heterocycles. The lowest BCUT2D eigenvalue weighted by atomic mass is 9.74. The van der Waals surface area contributed by atoms with E-state index in [2.05, 4.69) is 10.6 Å². The summed E-state index contributed by atoms with van der Waals surface area (Å²) in [7, 11) is 6.35. The number of phenolic OH excluding ortho intramolecular Hbond substituents is 1. The number of aliphatic hydroxyl groups excluding tert-OH is 2. The highest BCUT2D eigenvalue weighted by molar-refractivity contribution is 5.93. The molecule has 2 aliphatic heterocycles. The molecule has 6 rings (SSSR count). The fourth-order valence-corrected chi connectivity index (χ4v) is 6.13. The van der Waals surface area contributed by atoms with Crippen LogP contribution in [0.1, 0.15) is 46.1 Å². The first-order valence-corrected chi connectivity index (χ1v) is 12.8. The number of hydrogen-bond acceptors (Lipinski definition) is 10. The average molecular weight is 537 g/mol. The van der Waals surface area contributed by atoms with Gasteiger partial charge in [0.25, 0.3) is 0 Å². The molecular weight excluding hydrogens is 504 g/mol. The summed E-state index contributed by atoms with van der Waals surface area (Å²) in [6.45, 7) is 0.475. The highest BCUT2D eigenvalue weighted by Gasteiger charge is 2.41. The molecule has 3 atom stereocenters. The van der Waals surface area contributed by atoms with Crippen LogP contribution in [0.15, 0.2) is 24.3 Å². The number of hydrogen-bond donors (Lipinski definition) is 5. The van der Waals surface area contributed by atoms with Crippen LogP contribution in [0.25, 0.3) is 11.1 Å². The summed E-state index contributed by atoms with van der Waals surface area (Å²) < 4.78 is 28.6. The number of aromatic hydroxyl groups is 1. The van der Waals surface area contributed by atoms with E-state index in [0.29, 0.717) is 41.2 Å². The second kappa shape index (κ2) is 9.71. The molecule has 3 aromatic rings. The minimum absolute atomic E-state index is 0.0986. The van der Waals surface area contributed by atoms with Crippen LogP contribution in [0, 0.1) is 0 Å². The van der Waals surface area contributed by atoms with Crippen molar-refractivity contribution in [2.24, 2.45) is 0 Å². The van der Waals surface area contributed by atoms with Gasteiger partial charge in [0.1, 0.15) is 24.0 Å². The number of fused-ring (bicyclic) bond motifs is 2. The van der Waals surface area contributed by atoms with Gasteiger partial charge in [-0.25, -0.2) is 0 Å². The Hall–Kier alpha value is -3.86. The predicted molar refractivity (Wildman–Crippen MR) is 143 cm³/mol. The second-order valence-corrected chi connectivity index (χ2v) is 9.86. The van der Waals surface area contributed by atoms with Crippen LogP contribution in [-0.2, 0) is 12.8 Å². The Morgan fingerprint density at radius 1 is 0.897 bits per heavy atom. The molecule has 10 heteroatoms. The highest BCUT2D eigenvalue weighted by atomic mass is 16.5. The Labute approximate surface area is 226 Å². The zero-order valence-corrected chi connectivity index (χ0v) is 22.3. The van der Waals surface area contributed by atoms with E-state index in [1.54, 1.807) is 26.3 Å². The summed E-state index contributed by atoms with van der Waals surface area (Å²) in [6, 6.07) is 7.07. The number of nitrogens with one attached hydrogen (secondary N) is 2. The van der Waals surface area contributed by atoms with Crippen molar-refractivity contribution in [1.29, 1.82) is 0 Å². The van der Waals surface area contributed by atoms with E-state index in [1.807, 2.05) is 12.1 Å². The standard InChI is InChI=1S/C29H32N2O8/c1-30-12-39-20-10-18(35-2)14-5-6-15-23-17(31-29(34)26(20)25(14)23)9-19-24(15)27(32)16(11-38-19)13-7-21(36-3)28(33)22(8-13)37-4/h7-10,16,27,29-34H,5-6,11-12H2,1-4H3. The van der Waals surface area contributed by atoms with Crippen LogP contribution in [0.3, 0.4) is 0 Å². The summed E-state index contributed by atoms with van der Waals surface area (Å²) in [4.78, 5) is 0. The van der Waals surface area contributed by atoms with Gasteiger partial charge in [-0.05, 0) is 43.1 Å². The quantitative estimate of drug-likeness (QED) is 0.287. The smallest absolute Gasteiger partial charge is 0.200 e. The zero-order valence-electron chi connectivity index (χ0n) is 22.3. The number of ether oxygens (including phenoxy) is 5. The molecule has 0 radical (unpaired) electrons. The van der Waals surface area contributed by atoms with Gasteiger partial charge in [-0.2, -0.15) is 0 Å². The normalized spacial score (nSPS) is 20.2. The van der Waals surface area contributed by atoms with Crippen molar-refractivity contribution >= 4 is 5.69 Å². The van der Waals surface area contributed by atoms with E-state index in [-0.39, 0.29) is 30.6 Å². The molecule has 0 fully saturated rings. The maximum absolute atomic E-state index is 11.8. The minimum Gasteiger partial charge on any atom is -0.502 e. The zero-order chi connectivity index (χ0) is 27.4. The molecule has 0 bridgehead atoms. The molecule has 3 aromatic carbocycles. The van der Waals surface area contributed by atoms with Crippen LogP contribution in [-0.4, -0.2) is 57.0 Å². The molecule has 2 heterocycles. The number of methoxy groups -OCH3 is 3. The first kappa shape index (κ1) is 25.4. The van der Waals surface area contributed by atoms with Crippen LogP contribution in [0.5, 0.6) is 34.5 Å². The van der Waals surface area contributed by atoms with Gasteiger partial charge in [0.05, 0.1) is 39.6 Å². The van der Waals surface area contributed by atoms with Gasteiger partial charge in [-0.1, -0.05) is 0 Å². The van der Waals surface area contributed by atoms with E-state index in [1.165, 1.54) is 14.2 Å². The molecule has 0 saturated carbocycles. The molecule has 206 valence electrons. The molecule has 3 unspecified atom stereocenters. The van der Waals surface area contributed by atoms with Crippen molar-refractivity contribution in [1.82, 2.24) is 5.32 Å². The Kier molecular flexibility index (Phi) is 6.33. The Morgan fingerprint density at radius 2 is 1.59 bits per heavy atom. The van der Waals surface area contributed by atoms with E-state index < -0.39 is 18.2 Å². The largest absolute Gasteiger partial charge is 0.502 e. The van der Waals surface area contributed by atoms with Crippen molar-refractivity contribution in [3.8, 4) is 45.6 Å². The van der Waals surface area contributed by atoms with Crippen LogP contribution < -0.4 is 34.3 Å². The lowest BCUT2D eigenvalue weighted by molar-refractivity contribution is 0.0878. The van der Waals surface area contributed by atoms with Gasteiger partial charge in [0, 0.05) is 46.0 Å². The average Bonchev–Trinajstić information content (AvgIpc) is 2.95. The Balaban J connectivity index is 1.52. The van der Waals surface area contributed by atoms with Gasteiger partial charge < -0.3 is 44.3 Å². The third kappa shape index (κ3) is 3.82. The summed E-state index contributed by atoms with van der Waals surface area (Å²) >= 11 is 0. The fraction of sp³-hybridized carbons (Fsp3) is 0.379. The molecule has 1 aliphatic carbocycles. The van der Waals surface area contributed by atoms with E-state index >= 15 is 0 Å². The van der Waals surface area contributed by atoms with Gasteiger partial charge in [-0.3, -0.25) is 5.32 Å². The van der Waals surface area contributed by atoms with Crippen molar-refractivity contribution < 1.29 is 39.0 Å². The molecule has 3 aliphatic rings. The summed E-state index contributed by atoms with van der Waals surface area (Å²) in [5.41, 5.74) is 6.54. The highest BCUT2D eigenvalue weighted by Crippen LogP contribution is 2.57. The number of aliphatic hydroxyl groups is 2. The van der Waals surface area contributed by atoms with Gasteiger partial charge in [0.2, 0.25) is 5.75 Å². The lowest BCUT2D eigenvalue weighted by Crippen LogP contribution is -2.29. The molecule has 0 amide bonds. The molecule has 5 N–H and O–H groups in total. The molecule has 0 aromatic heterocycles. The minimum atomic E-state index is -0.994. The first-order chi connectivity index (χ1) is 18.9. The van der Waals surface area contributed by atoms with E-state index in [9.17, 15) is 15.3 Å². The Morgan fingerprint density at radius 3 is 2.26 bits per heavy atom. The first-order valence-electron chi connectivity index (χ1n) is 12.8. The molecular formula is C29H32N2O8. The number of phenols is 1. The van der Waals surface area contributed by atoms with Crippen molar-refractivity contribution in [3.63, 3.8) is 0 Å². The van der Waals surface area contributed by atoms with Crippen LogP contribution >= 0.6 is 0 Å². The number of anilines is 1. The monoisotopic (exact) mass is 536 g/mol. The van der Waals surface area contributed by atoms with Gasteiger partial charge >= 0.3 is 0 Å². The number of rotatable bonds is 7. The maximum atomic E-state index is 11.8. The summed E-state index contributed by atoms with van der Waals surface area (Å²) in [5.74, 6) is 1.78. The van der Waals surface area contributed by atoms with E-state index in [4.69, 9.17) is 23.7 Å². The Bertz CT molecular complexity index is 1430. The van der Waals surface area contributed by atoms with Crippen molar-refractivity contribution in [3.05, 3.63) is 52.1 Å². The third-order valence-corrected chi connectivity index (χ3v) is 7.89. The van der Waals surface area contributed by atoms with E-state index in [0.717, 1.165) is 33.5 Å². The third-order valence-electron chi connectivity index (χ3n) is 7.89.